The molecule has 38 heavy (non-hydrogen) atoms. The zero-order chi connectivity index (χ0) is 27.1. The Hall–Kier alpha value is -2.84. The Morgan fingerprint density at radius 3 is 2.79 bits per heavy atom. The van der Waals surface area contributed by atoms with Gasteiger partial charge in [-0.05, 0) is 29.2 Å². The van der Waals surface area contributed by atoms with Crippen molar-refractivity contribution in [3.63, 3.8) is 0 Å². The van der Waals surface area contributed by atoms with Gasteiger partial charge in [0, 0.05) is 60.6 Å². The van der Waals surface area contributed by atoms with E-state index in [-0.39, 0.29) is 71.5 Å². The summed E-state index contributed by atoms with van der Waals surface area (Å²) in [5.74, 6) is -2.16. The van der Waals surface area contributed by atoms with Crippen molar-refractivity contribution in [2.24, 2.45) is 23.5 Å². The number of aliphatic carboxylic acids is 1. The SMILES string of the molecule is C[C@@H](CC(=O)Cn1cnnn1)[C@H]1C(=O)N2C(C(=O)O)=C(S[C@@H]3CN[C@H](CC(=O)N4CC[C@H](N)C4)C3)[C@H](C)[C@H]12. The van der Waals surface area contributed by atoms with Crippen LogP contribution in [0.2, 0.25) is 0 Å². The van der Waals surface area contributed by atoms with Gasteiger partial charge in [0.25, 0.3) is 0 Å². The van der Waals surface area contributed by atoms with E-state index in [1.54, 1.807) is 0 Å². The summed E-state index contributed by atoms with van der Waals surface area (Å²) < 4.78 is 1.34. The minimum Gasteiger partial charge on any atom is -0.477 e. The first-order valence-corrected chi connectivity index (χ1v) is 14.0. The van der Waals surface area contributed by atoms with Gasteiger partial charge in [-0.1, -0.05) is 13.8 Å². The lowest BCUT2D eigenvalue weighted by Crippen LogP contribution is -2.62. The highest BCUT2D eigenvalue weighted by Gasteiger charge is 2.60. The second-order valence-corrected chi connectivity index (χ2v) is 12.3. The van der Waals surface area contributed by atoms with Gasteiger partial charge >= 0.3 is 5.97 Å². The molecule has 4 aliphatic heterocycles. The summed E-state index contributed by atoms with van der Waals surface area (Å²) in [6.07, 6.45) is 3.52. The van der Waals surface area contributed by atoms with Crippen molar-refractivity contribution in [1.29, 1.82) is 0 Å². The molecule has 13 nitrogen and oxygen atoms in total. The highest BCUT2D eigenvalue weighted by molar-refractivity contribution is 8.03. The average Bonchev–Trinajstić information content (AvgIpc) is 3.64. The molecule has 5 heterocycles. The van der Waals surface area contributed by atoms with Gasteiger partial charge in [-0.3, -0.25) is 14.4 Å². The van der Waals surface area contributed by atoms with Crippen molar-refractivity contribution in [2.45, 2.75) is 69.5 Å². The first-order valence-electron chi connectivity index (χ1n) is 13.1. The van der Waals surface area contributed by atoms with Gasteiger partial charge < -0.3 is 26.0 Å². The molecule has 0 aliphatic carbocycles. The molecule has 0 aromatic carbocycles. The third-order valence-electron chi connectivity index (χ3n) is 8.16. The van der Waals surface area contributed by atoms with E-state index in [9.17, 15) is 24.3 Å². The van der Waals surface area contributed by atoms with Crippen molar-refractivity contribution in [1.82, 2.24) is 35.3 Å². The van der Waals surface area contributed by atoms with Gasteiger partial charge in [-0.2, -0.15) is 0 Å². The number of rotatable bonds is 10. The molecule has 7 atom stereocenters. The number of carboxylic acid groups (broad SMARTS) is 1. The van der Waals surface area contributed by atoms with E-state index in [0.29, 0.717) is 31.0 Å². The smallest absolute Gasteiger partial charge is 0.353 e. The fraction of sp³-hybridized carbons (Fsp3) is 0.708. The molecule has 3 fully saturated rings. The molecule has 5 rings (SSSR count). The summed E-state index contributed by atoms with van der Waals surface area (Å²) in [5, 5.41) is 24.3. The minimum atomic E-state index is -1.11. The molecule has 2 amide bonds. The number of nitrogens with one attached hydrogen (secondary N) is 1. The first-order chi connectivity index (χ1) is 18.1. The molecular weight excluding hydrogens is 512 g/mol. The number of carbonyl (C=O) groups is 4. The quantitative estimate of drug-likeness (QED) is 0.321. The van der Waals surface area contributed by atoms with Crippen molar-refractivity contribution >= 4 is 35.3 Å². The second kappa shape index (κ2) is 10.7. The van der Waals surface area contributed by atoms with Crippen LogP contribution >= 0.6 is 11.8 Å². The molecule has 1 aromatic heterocycles. The Bertz CT molecular complexity index is 1140. The summed E-state index contributed by atoms with van der Waals surface area (Å²) in [7, 11) is 0. The number of fused-ring (bicyclic) bond motifs is 1. The maximum Gasteiger partial charge on any atom is 0.353 e. The number of nitrogens with two attached hydrogens (primary N) is 1. The number of likely N-dealkylation sites (tertiary alicyclic amines) is 1. The van der Waals surface area contributed by atoms with Crippen LogP contribution in [0.15, 0.2) is 16.9 Å². The van der Waals surface area contributed by atoms with Crippen LogP contribution in [-0.2, 0) is 25.7 Å². The van der Waals surface area contributed by atoms with Crippen LogP contribution in [0.5, 0.6) is 0 Å². The number of nitrogens with zero attached hydrogens (tertiary/aromatic N) is 6. The summed E-state index contributed by atoms with van der Waals surface area (Å²) in [4.78, 5) is 54.5. The van der Waals surface area contributed by atoms with E-state index < -0.39 is 11.9 Å². The molecule has 0 unspecified atom stereocenters. The van der Waals surface area contributed by atoms with E-state index in [0.717, 1.165) is 12.8 Å². The summed E-state index contributed by atoms with van der Waals surface area (Å²) >= 11 is 1.51. The van der Waals surface area contributed by atoms with Crippen LogP contribution < -0.4 is 11.1 Å². The Morgan fingerprint density at radius 1 is 1.34 bits per heavy atom. The summed E-state index contributed by atoms with van der Waals surface area (Å²) in [6, 6.07) is -0.203. The fourth-order valence-corrected chi connectivity index (χ4v) is 7.83. The third-order valence-corrected chi connectivity index (χ3v) is 9.67. The van der Waals surface area contributed by atoms with Crippen LogP contribution in [0.1, 0.15) is 39.5 Å². The number of β-lactam (4-membered cyclic amide) rings is 1. The van der Waals surface area contributed by atoms with Gasteiger partial charge in [-0.25, -0.2) is 9.48 Å². The van der Waals surface area contributed by atoms with Crippen molar-refractivity contribution in [3.05, 3.63) is 16.9 Å². The molecule has 0 radical (unpaired) electrons. The van der Waals surface area contributed by atoms with Crippen LogP contribution in [-0.4, -0.2) is 102 Å². The first kappa shape index (κ1) is 26.8. The number of amides is 2. The van der Waals surface area contributed by atoms with Crippen molar-refractivity contribution in [3.8, 4) is 0 Å². The molecule has 4 N–H and O–H groups in total. The average molecular weight is 547 g/mol. The fourth-order valence-electron chi connectivity index (χ4n) is 6.31. The maximum absolute atomic E-state index is 13.2. The number of hydrogen-bond donors (Lipinski definition) is 3. The number of Topliss-reactive ketones (excluding diaryl/α,β-unsaturated/α-hetero) is 1. The predicted molar refractivity (Wildman–Crippen MR) is 136 cm³/mol. The Balaban J connectivity index is 1.20. The number of carbonyl (C=O) groups excluding carboxylic acids is 3. The Labute approximate surface area is 224 Å². The van der Waals surface area contributed by atoms with Crippen LogP contribution in [0.4, 0.5) is 0 Å². The van der Waals surface area contributed by atoms with E-state index in [4.69, 9.17) is 5.73 Å². The molecule has 206 valence electrons. The topological polar surface area (TPSA) is 177 Å². The van der Waals surface area contributed by atoms with E-state index >= 15 is 0 Å². The molecule has 0 bridgehead atoms. The lowest BCUT2D eigenvalue weighted by Gasteiger charge is -2.47. The van der Waals surface area contributed by atoms with E-state index in [1.165, 1.54) is 27.7 Å². The molecule has 0 spiro atoms. The lowest BCUT2D eigenvalue weighted by molar-refractivity contribution is -0.160. The number of carboxylic acids is 1. The van der Waals surface area contributed by atoms with Gasteiger partial charge in [0.2, 0.25) is 11.8 Å². The monoisotopic (exact) mass is 546 g/mol. The maximum atomic E-state index is 13.2. The van der Waals surface area contributed by atoms with E-state index in [1.807, 2.05) is 18.7 Å². The number of thioether (sulfide) groups is 1. The highest BCUT2D eigenvalue weighted by atomic mass is 32.2. The molecule has 0 saturated carbocycles. The van der Waals surface area contributed by atoms with Crippen LogP contribution in [0.3, 0.4) is 0 Å². The molecular formula is C24H34N8O5S. The molecule has 4 aliphatic rings. The van der Waals surface area contributed by atoms with Crippen molar-refractivity contribution < 1.29 is 24.3 Å². The zero-order valence-corrected chi connectivity index (χ0v) is 22.3. The standard InChI is InChI=1S/C24H34N8O5S/c1-12(5-16(33)10-31-11-27-28-29-31)19-20-13(2)22(21(24(36)37)32(20)23(19)35)38-17-6-15(26-8-17)7-18(34)30-4-3-14(25)9-30/h11-15,17,19-20,26H,3-10,25H2,1-2H3,(H,36,37)/t12-,13+,14-,15-,17-,19+,20+/m0/s1. The third kappa shape index (κ3) is 5.08. The van der Waals surface area contributed by atoms with E-state index in [2.05, 4.69) is 20.8 Å². The summed E-state index contributed by atoms with van der Waals surface area (Å²) in [6.45, 7) is 5.83. The van der Waals surface area contributed by atoms with Crippen LogP contribution in [0.25, 0.3) is 0 Å². The number of hydrogen-bond acceptors (Lipinski definition) is 10. The van der Waals surface area contributed by atoms with Crippen molar-refractivity contribution in [2.75, 3.05) is 19.6 Å². The van der Waals surface area contributed by atoms with Gasteiger partial charge in [0.15, 0.2) is 5.78 Å². The lowest BCUT2D eigenvalue weighted by atomic mass is 9.73. The normalized spacial score (nSPS) is 31.5. The molecule has 14 heteroatoms. The highest BCUT2D eigenvalue weighted by Crippen LogP contribution is 2.53. The molecule has 1 aromatic rings. The van der Waals surface area contributed by atoms with Gasteiger partial charge in [0.1, 0.15) is 18.6 Å². The largest absolute Gasteiger partial charge is 0.477 e. The zero-order valence-electron chi connectivity index (χ0n) is 21.5. The Morgan fingerprint density at radius 2 is 2.13 bits per heavy atom. The Kier molecular flexibility index (Phi) is 7.56. The number of aromatic nitrogens is 4. The van der Waals surface area contributed by atoms with Crippen LogP contribution in [0, 0.1) is 17.8 Å². The molecule has 3 saturated heterocycles. The minimum absolute atomic E-state index is 0.0278. The summed E-state index contributed by atoms with van der Waals surface area (Å²) in [5.41, 5.74) is 5.99. The second-order valence-electron chi connectivity index (χ2n) is 10.9. The predicted octanol–water partition coefficient (Wildman–Crippen LogP) is -0.545. The number of ketones is 1. The van der Waals surface area contributed by atoms with Gasteiger partial charge in [0.05, 0.1) is 12.0 Å². The van der Waals surface area contributed by atoms with Gasteiger partial charge in [-0.15, -0.1) is 16.9 Å². The number of tetrazole rings is 1.